The molecule has 0 aromatic heterocycles. The standard InChI is InChI=1S/C26H30FN3OS/c1-6-12-30-22-15-21(27)18(13-20(22)17(2)16-26(30,3)4)14-23-24(31)29(5)25(32-23)28-19-10-8-7-9-11-19/h7-11,13-15,17H,6,12,16H2,1-5H3/b23-14+,28-25?. The Morgan fingerprint density at radius 2 is 1.97 bits per heavy atom. The van der Waals surface area contributed by atoms with Crippen molar-refractivity contribution in [3.63, 3.8) is 0 Å². The van der Waals surface area contributed by atoms with Gasteiger partial charge in [0.25, 0.3) is 5.91 Å². The monoisotopic (exact) mass is 451 g/mol. The first-order chi connectivity index (χ1) is 15.2. The second-order valence-electron chi connectivity index (χ2n) is 9.21. The van der Waals surface area contributed by atoms with Gasteiger partial charge in [0.15, 0.2) is 5.17 Å². The molecule has 1 saturated heterocycles. The smallest absolute Gasteiger partial charge is 0.266 e. The molecule has 1 unspecified atom stereocenters. The number of rotatable bonds is 4. The number of aliphatic imine (C=N–C) groups is 1. The fraction of sp³-hybridized carbons (Fsp3) is 0.385. The Balaban J connectivity index is 1.70. The van der Waals surface area contributed by atoms with Gasteiger partial charge in [0.1, 0.15) is 5.82 Å². The van der Waals surface area contributed by atoms with Crippen LogP contribution in [0.2, 0.25) is 0 Å². The lowest BCUT2D eigenvalue weighted by Crippen LogP contribution is -2.48. The number of carbonyl (C=O) groups excluding carboxylic acids is 1. The first-order valence-corrected chi connectivity index (χ1v) is 12.0. The van der Waals surface area contributed by atoms with Crippen molar-refractivity contribution < 1.29 is 9.18 Å². The number of carbonyl (C=O) groups is 1. The maximum Gasteiger partial charge on any atom is 0.266 e. The van der Waals surface area contributed by atoms with Crippen LogP contribution in [0.15, 0.2) is 52.4 Å². The summed E-state index contributed by atoms with van der Waals surface area (Å²) in [6, 6.07) is 13.1. The molecule has 32 heavy (non-hydrogen) atoms. The Morgan fingerprint density at radius 3 is 2.66 bits per heavy atom. The van der Waals surface area contributed by atoms with Crippen LogP contribution in [0.25, 0.3) is 6.08 Å². The minimum Gasteiger partial charge on any atom is -0.366 e. The molecule has 1 fully saturated rings. The van der Waals surface area contributed by atoms with Crippen molar-refractivity contribution in [1.82, 2.24) is 4.90 Å². The van der Waals surface area contributed by atoms with Gasteiger partial charge in [-0.15, -0.1) is 0 Å². The molecule has 2 aliphatic heterocycles. The molecule has 1 amide bonds. The van der Waals surface area contributed by atoms with E-state index < -0.39 is 0 Å². The maximum absolute atomic E-state index is 15.3. The van der Waals surface area contributed by atoms with Crippen LogP contribution >= 0.6 is 11.8 Å². The summed E-state index contributed by atoms with van der Waals surface area (Å²) in [4.78, 5) is 21.7. The fourth-order valence-corrected chi connectivity index (χ4v) is 5.66. The topological polar surface area (TPSA) is 35.9 Å². The summed E-state index contributed by atoms with van der Waals surface area (Å²) in [5.41, 5.74) is 3.34. The molecule has 2 aromatic rings. The number of nitrogens with zero attached hydrogens (tertiary/aromatic N) is 3. The van der Waals surface area contributed by atoms with Gasteiger partial charge in [-0.2, -0.15) is 0 Å². The van der Waals surface area contributed by atoms with E-state index >= 15 is 4.39 Å². The number of hydrogen-bond acceptors (Lipinski definition) is 4. The zero-order chi connectivity index (χ0) is 23.0. The molecule has 0 aliphatic carbocycles. The SMILES string of the molecule is CCCN1c2cc(F)c(/C=C3/SC(=Nc4ccccc4)N(C)C3=O)cc2C(C)CC1(C)C. The average Bonchev–Trinajstić information content (AvgIpc) is 3.00. The van der Waals surface area contributed by atoms with Crippen LogP contribution in [-0.2, 0) is 4.79 Å². The number of para-hydroxylation sites is 1. The molecule has 2 heterocycles. The minimum absolute atomic E-state index is 0.0162. The van der Waals surface area contributed by atoms with Crippen molar-refractivity contribution in [3.05, 3.63) is 64.3 Å². The predicted octanol–water partition coefficient (Wildman–Crippen LogP) is 6.56. The quantitative estimate of drug-likeness (QED) is 0.494. The van der Waals surface area contributed by atoms with Crippen LogP contribution in [0.5, 0.6) is 0 Å². The Labute approximate surface area is 194 Å². The number of thioether (sulfide) groups is 1. The predicted molar refractivity (Wildman–Crippen MR) is 133 cm³/mol. The van der Waals surface area contributed by atoms with Gasteiger partial charge in [-0.25, -0.2) is 9.38 Å². The summed E-state index contributed by atoms with van der Waals surface area (Å²) < 4.78 is 15.3. The minimum atomic E-state index is -0.299. The van der Waals surface area contributed by atoms with Crippen molar-refractivity contribution in [3.8, 4) is 0 Å². The van der Waals surface area contributed by atoms with Crippen molar-refractivity contribution in [2.45, 2.75) is 52.0 Å². The highest BCUT2D eigenvalue weighted by atomic mass is 32.2. The van der Waals surface area contributed by atoms with E-state index in [4.69, 9.17) is 0 Å². The molecule has 0 spiro atoms. The average molecular weight is 452 g/mol. The molecule has 0 N–H and O–H groups in total. The number of anilines is 1. The van der Waals surface area contributed by atoms with E-state index in [1.165, 1.54) is 16.7 Å². The Hall–Kier alpha value is -2.60. The van der Waals surface area contributed by atoms with Crippen molar-refractivity contribution in [2.75, 3.05) is 18.5 Å². The molecule has 0 saturated carbocycles. The van der Waals surface area contributed by atoms with Gasteiger partial charge in [0, 0.05) is 30.4 Å². The van der Waals surface area contributed by atoms with Crippen molar-refractivity contribution >= 4 is 40.3 Å². The second kappa shape index (κ2) is 8.74. The van der Waals surface area contributed by atoms with Gasteiger partial charge in [-0.05, 0) is 80.3 Å². The molecule has 0 bridgehead atoms. The van der Waals surface area contributed by atoms with Crippen LogP contribution in [0.3, 0.4) is 0 Å². The number of fused-ring (bicyclic) bond motifs is 1. The molecule has 168 valence electrons. The van der Waals surface area contributed by atoms with E-state index in [1.54, 1.807) is 19.2 Å². The summed E-state index contributed by atoms with van der Waals surface area (Å²) in [6.07, 6.45) is 3.68. The van der Waals surface area contributed by atoms with Crippen LogP contribution in [0, 0.1) is 5.82 Å². The first kappa shape index (κ1) is 22.6. The lowest BCUT2D eigenvalue weighted by Gasteiger charge is -2.47. The van der Waals surface area contributed by atoms with E-state index in [1.807, 2.05) is 36.4 Å². The van der Waals surface area contributed by atoms with Crippen LogP contribution in [0.4, 0.5) is 15.8 Å². The molecule has 1 atom stereocenters. The van der Waals surface area contributed by atoms with Crippen molar-refractivity contribution in [2.24, 2.45) is 4.99 Å². The number of likely N-dealkylation sites (N-methyl/N-ethyl adjacent to an activating group) is 1. The van der Waals surface area contributed by atoms with Gasteiger partial charge in [0.2, 0.25) is 0 Å². The molecule has 4 rings (SSSR count). The van der Waals surface area contributed by atoms with Crippen molar-refractivity contribution in [1.29, 1.82) is 0 Å². The number of hydrogen-bond donors (Lipinski definition) is 0. The molecular formula is C26H30FN3OS. The molecule has 2 aliphatic rings. The highest BCUT2D eigenvalue weighted by Gasteiger charge is 2.37. The summed E-state index contributed by atoms with van der Waals surface area (Å²) in [6.45, 7) is 9.70. The summed E-state index contributed by atoms with van der Waals surface area (Å²) >= 11 is 1.28. The number of benzene rings is 2. The van der Waals surface area contributed by atoms with Gasteiger partial charge in [-0.3, -0.25) is 9.69 Å². The third-order valence-corrected chi connectivity index (χ3v) is 7.28. The lowest BCUT2D eigenvalue weighted by molar-refractivity contribution is -0.121. The van der Waals surface area contributed by atoms with E-state index in [-0.39, 0.29) is 17.3 Å². The normalized spacial score (nSPS) is 22.7. The number of halogens is 1. The van der Waals surface area contributed by atoms with Crippen LogP contribution in [-0.4, -0.2) is 35.1 Å². The fourth-order valence-electron chi connectivity index (χ4n) is 4.68. The van der Waals surface area contributed by atoms with Gasteiger partial charge < -0.3 is 4.90 Å². The summed E-state index contributed by atoms with van der Waals surface area (Å²) in [7, 11) is 1.70. The molecular weight excluding hydrogens is 421 g/mol. The molecule has 2 aromatic carbocycles. The first-order valence-electron chi connectivity index (χ1n) is 11.1. The van der Waals surface area contributed by atoms with Crippen LogP contribution in [0.1, 0.15) is 57.6 Å². The number of amidine groups is 1. The second-order valence-corrected chi connectivity index (χ2v) is 10.2. The molecule has 0 radical (unpaired) electrons. The Morgan fingerprint density at radius 1 is 1.25 bits per heavy atom. The van der Waals surface area contributed by atoms with Crippen LogP contribution < -0.4 is 4.90 Å². The van der Waals surface area contributed by atoms with Gasteiger partial charge in [0.05, 0.1) is 10.6 Å². The third kappa shape index (κ3) is 4.20. The Kier molecular flexibility index (Phi) is 6.17. The van der Waals surface area contributed by atoms with Gasteiger partial charge >= 0.3 is 0 Å². The summed E-state index contributed by atoms with van der Waals surface area (Å²) in [5, 5.41) is 0.593. The number of amides is 1. The lowest BCUT2D eigenvalue weighted by atomic mass is 9.79. The summed E-state index contributed by atoms with van der Waals surface area (Å²) in [5.74, 6) is -0.147. The third-order valence-electron chi connectivity index (χ3n) is 6.22. The van der Waals surface area contributed by atoms with Gasteiger partial charge in [-0.1, -0.05) is 32.0 Å². The Bertz CT molecular complexity index is 1090. The van der Waals surface area contributed by atoms with E-state index in [9.17, 15) is 4.79 Å². The zero-order valence-corrected chi connectivity index (χ0v) is 20.2. The zero-order valence-electron chi connectivity index (χ0n) is 19.4. The maximum atomic E-state index is 15.3. The largest absolute Gasteiger partial charge is 0.366 e. The van der Waals surface area contributed by atoms with E-state index in [2.05, 4.69) is 37.6 Å². The highest BCUT2D eigenvalue weighted by molar-refractivity contribution is 8.18. The molecule has 4 nitrogen and oxygen atoms in total. The van der Waals surface area contributed by atoms with E-state index in [0.717, 1.165) is 36.3 Å². The molecule has 6 heteroatoms. The van der Waals surface area contributed by atoms with E-state index in [0.29, 0.717) is 21.6 Å². The highest BCUT2D eigenvalue weighted by Crippen LogP contribution is 2.45.